The molecule has 1 heterocycles. The van der Waals surface area contributed by atoms with Crippen LogP contribution < -0.4 is 5.32 Å². The molecule has 0 atom stereocenters. The van der Waals surface area contributed by atoms with Gasteiger partial charge in [0.2, 0.25) is 0 Å². The second kappa shape index (κ2) is 6.83. The van der Waals surface area contributed by atoms with Crippen LogP contribution in [-0.2, 0) is 0 Å². The predicted octanol–water partition coefficient (Wildman–Crippen LogP) is 1.97. The van der Waals surface area contributed by atoms with Gasteiger partial charge in [0.25, 0.3) is 5.91 Å². The molecule has 0 spiro atoms. The summed E-state index contributed by atoms with van der Waals surface area (Å²) in [6.07, 6.45) is 1.81. The molecule has 0 saturated heterocycles. The third kappa shape index (κ3) is 3.78. The van der Waals surface area contributed by atoms with Crippen LogP contribution >= 0.6 is 11.3 Å². The van der Waals surface area contributed by atoms with Crippen molar-refractivity contribution < 1.29 is 19.4 Å². The van der Waals surface area contributed by atoms with Crippen molar-refractivity contribution in [1.29, 1.82) is 0 Å². The van der Waals surface area contributed by atoms with Crippen molar-refractivity contribution in [2.45, 2.75) is 6.42 Å². The van der Waals surface area contributed by atoms with Gasteiger partial charge in [0.05, 0.1) is 17.7 Å². The number of benzene rings is 1. The molecule has 0 bridgehead atoms. The molecule has 0 aliphatic heterocycles. The molecular formula is C14H11FN2O3S. The summed E-state index contributed by atoms with van der Waals surface area (Å²) >= 11 is 1.12. The molecule has 0 fully saturated rings. The van der Waals surface area contributed by atoms with E-state index in [1.54, 1.807) is 0 Å². The molecule has 0 aliphatic carbocycles. The number of nitrogens with zero attached hydrogens (tertiary/aromatic N) is 1. The van der Waals surface area contributed by atoms with Gasteiger partial charge in [-0.2, -0.15) is 0 Å². The Labute approximate surface area is 124 Å². The van der Waals surface area contributed by atoms with Gasteiger partial charge in [-0.25, -0.2) is 9.37 Å². The average molecular weight is 306 g/mol. The maximum absolute atomic E-state index is 13.5. The number of anilines is 1. The summed E-state index contributed by atoms with van der Waals surface area (Å²) in [5, 5.41) is 20.8. The molecular weight excluding hydrogens is 295 g/mol. The van der Waals surface area contributed by atoms with Crippen molar-refractivity contribution in [2.75, 3.05) is 11.9 Å². The Kier molecular flexibility index (Phi) is 4.87. The van der Waals surface area contributed by atoms with Crippen LogP contribution in [0.1, 0.15) is 21.7 Å². The highest BCUT2D eigenvalue weighted by Crippen LogP contribution is 2.23. The van der Waals surface area contributed by atoms with Gasteiger partial charge in [-0.1, -0.05) is 29.2 Å². The molecule has 7 heteroatoms. The fraction of sp³-hybridized carbons (Fsp3) is 0.143. The van der Waals surface area contributed by atoms with E-state index in [1.807, 2.05) is 0 Å². The number of aliphatic hydroxyl groups is 1. The summed E-state index contributed by atoms with van der Waals surface area (Å²) in [6.45, 7) is -0.0258. The second-order valence-corrected chi connectivity index (χ2v) is 4.92. The van der Waals surface area contributed by atoms with E-state index in [0.29, 0.717) is 11.3 Å². The van der Waals surface area contributed by atoms with Crippen LogP contribution in [0, 0.1) is 17.7 Å². The number of carbonyl (C=O) groups is 1. The molecule has 2 rings (SSSR count). The molecule has 0 aliphatic rings. The van der Waals surface area contributed by atoms with E-state index in [4.69, 9.17) is 5.11 Å². The predicted molar refractivity (Wildman–Crippen MR) is 76.7 cm³/mol. The Balaban J connectivity index is 2.12. The van der Waals surface area contributed by atoms with Gasteiger partial charge in [0, 0.05) is 6.42 Å². The first-order valence-electron chi connectivity index (χ1n) is 5.96. The molecule has 1 aromatic heterocycles. The fourth-order valence-electron chi connectivity index (χ4n) is 1.49. The van der Waals surface area contributed by atoms with Gasteiger partial charge in [-0.15, -0.1) is 0 Å². The lowest BCUT2D eigenvalue weighted by Gasteiger charge is -2.04. The first-order valence-corrected chi connectivity index (χ1v) is 6.78. The number of amides is 1. The van der Waals surface area contributed by atoms with Gasteiger partial charge in [0.1, 0.15) is 17.1 Å². The Morgan fingerprint density at radius 1 is 1.48 bits per heavy atom. The van der Waals surface area contributed by atoms with Crippen LogP contribution in [0.2, 0.25) is 0 Å². The van der Waals surface area contributed by atoms with Gasteiger partial charge in [0.15, 0.2) is 5.13 Å². The van der Waals surface area contributed by atoms with E-state index >= 15 is 0 Å². The Morgan fingerprint density at radius 3 is 3.00 bits per heavy atom. The smallest absolute Gasteiger partial charge is 0.264 e. The van der Waals surface area contributed by atoms with Crippen LogP contribution in [-0.4, -0.2) is 27.7 Å². The molecule has 1 amide bonds. The lowest BCUT2D eigenvalue weighted by molar-refractivity contribution is 0.102. The van der Waals surface area contributed by atoms with Crippen LogP contribution in [0.5, 0.6) is 5.75 Å². The van der Waals surface area contributed by atoms with Crippen LogP contribution in [0.4, 0.5) is 9.52 Å². The zero-order valence-corrected chi connectivity index (χ0v) is 11.6. The molecule has 0 radical (unpaired) electrons. The normalized spacial score (nSPS) is 9.81. The zero-order chi connectivity index (χ0) is 15.2. The van der Waals surface area contributed by atoms with Gasteiger partial charge in [-0.05, 0) is 12.1 Å². The van der Waals surface area contributed by atoms with Crippen molar-refractivity contribution in [3.63, 3.8) is 0 Å². The number of hydrogen-bond donors (Lipinski definition) is 3. The van der Waals surface area contributed by atoms with Gasteiger partial charge < -0.3 is 10.2 Å². The molecule has 108 valence electrons. The topological polar surface area (TPSA) is 82.5 Å². The highest BCUT2D eigenvalue weighted by molar-refractivity contribution is 7.16. The lowest BCUT2D eigenvalue weighted by Crippen LogP contribution is -2.13. The monoisotopic (exact) mass is 306 g/mol. The largest absolute Gasteiger partial charge is 0.507 e. The molecule has 5 nitrogen and oxygen atoms in total. The highest BCUT2D eigenvalue weighted by atomic mass is 32.1. The number of aromatic hydroxyl groups is 1. The molecule has 0 saturated carbocycles. The number of halogens is 1. The Morgan fingerprint density at radius 2 is 2.29 bits per heavy atom. The maximum Gasteiger partial charge on any atom is 0.264 e. The number of rotatable bonds is 3. The summed E-state index contributed by atoms with van der Waals surface area (Å²) in [7, 11) is 0. The van der Waals surface area contributed by atoms with E-state index in [0.717, 1.165) is 17.4 Å². The minimum atomic E-state index is -0.813. The van der Waals surface area contributed by atoms with E-state index in [1.165, 1.54) is 18.3 Å². The van der Waals surface area contributed by atoms with Crippen molar-refractivity contribution in [2.24, 2.45) is 0 Å². The fourth-order valence-corrected chi connectivity index (χ4v) is 2.18. The first-order chi connectivity index (χ1) is 10.1. The van der Waals surface area contributed by atoms with Crippen molar-refractivity contribution in [3.05, 3.63) is 40.7 Å². The van der Waals surface area contributed by atoms with E-state index < -0.39 is 23.0 Å². The van der Waals surface area contributed by atoms with Crippen molar-refractivity contribution >= 4 is 22.4 Å². The number of hydrogen-bond acceptors (Lipinski definition) is 5. The van der Waals surface area contributed by atoms with Gasteiger partial charge in [-0.3, -0.25) is 10.1 Å². The van der Waals surface area contributed by atoms with Crippen molar-refractivity contribution in [3.8, 4) is 17.6 Å². The maximum atomic E-state index is 13.5. The van der Waals surface area contributed by atoms with Crippen LogP contribution in [0.25, 0.3) is 0 Å². The molecule has 3 N–H and O–H groups in total. The zero-order valence-electron chi connectivity index (χ0n) is 10.8. The summed E-state index contributed by atoms with van der Waals surface area (Å²) in [5.74, 6) is 3.47. The lowest BCUT2D eigenvalue weighted by atomic mass is 10.2. The highest BCUT2D eigenvalue weighted by Gasteiger charge is 2.17. The summed E-state index contributed by atoms with van der Waals surface area (Å²) < 4.78 is 13.5. The summed E-state index contributed by atoms with van der Waals surface area (Å²) in [4.78, 5) is 16.5. The van der Waals surface area contributed by atoms with E-state index in [-0.39, 0.29) is 11.7 Å². The minimum absolute atomic E-state index is 0.0258. The number of phenolic OH excluding ortho intramolecular Hbond substituents is 1. The number of phenols is 1. The van der Waals surface area contributed by atoms with E-state index in [2.05, 4.69) is 22.1 Å². The summed E-state index contributed by atoms with van der Waals surface area (Å²) in [5.41, 5.74) is -0.430. The van der Waals surface area contributed by atoms with Crippen LogP contribution in [0.15, 0.2) is 24.4 Å². The average Bonchev–Trinajstić information content (AvgIpc) is 2.86. The van der Waals surface area contributed by atoms with Crippen LogP contribution in [0.3, 0.4) is 0 Å². The van der Waals surface area contributed by atoms with E-state index in [9.17, 15) is 14.3 Å². The third-order valence-corrected chi connectivity index (χ3v) is 3.22. The number of thiazole rings is 1. The Bertz CT molecular complexity index is 698. The quantitative estimate of drug-likeness (QED) is 0.757. The van der Waals surface area contributed by atoms with Gasteiger partial charge >= 0.3 is 0 Å². The number of nitrogens with one attached hydrogen (secondary N) is 1. The standard InChI is InChI=1S/C14H11FN2O3S/c15-10-5-3-6-11(19)12(10)13(20)17-14-16-8-9(21-14)4-1-2-7-18/h3,5-6,8,18-19H,2,7H2,(H,16,17,20). The number of aliphatic hydroxyl groups excluding tert-OH is 1. The number of carbonyl (C=O) groups excluding carboxylic acids is 1. The Hall–Kier alpha value is -2.43. The summed E-state index contributed by atoms with van der Waals surface area (Å²) in [6, 6.07) is 3.62. The molecule has 0 unspecified atom stereocenters. The molecule has 21 heavy (non-hydrogen) atoms. The molecule has 2 aromatic rings. The minimum Gasteiger partial charge on any atom is -0.507 e. The third-order valence-electron chi connectivity index (χ3n) is 2.39. The SMILES string of the molecule is O=C(Nc1ncc(C#CCCO)s1)c1c(O)cccc1F. The second-order valence-electron chi connectivity index (χ2n) is 3.89. The number of aromatic nitrogens is 1. The first kappa shape index (κ1) is 15.0. The van der Waals surface area contributed by atoms with Crippen molar-refractivity contribution in [1.82, 2.24) is 4.98 Å². The molecule has 1 aromatic carbocycles.